The number of benzene rings is 1. The van der Waals surface area contributed by atoms with Gasteiger partial charge in [-0.05, 0) is 85.7 Å². The highest BCUT2D eigenvalue weighted by molar-refractivity contribution is 5.98. The zero-order valence-electron chi connectivity index (χ0n) is 21.1. The van der Waals surface area contributed by atoms with Crippen molar-refractivity contribution in [3.63, 3.8) is 0 Å². The van der Waals surface area contributed by atoms with Gasteiger partial charge in [0.1, 0.15) is 17.6 Å². The van der Waals surface area contributed by atoms with Crippen molar-refractivity contribution in [1.82, 2.24) is 4.90 Å². The maximum absolute atomic E-state index is 15.4. The maximum atomic E-state index is 15.4. The number of hydrogen-bond donors (Lipinski definition) is 1. The fourth-order valence-electron chi connectivity index (χ4n) is 9.05. The summed E-state index contributed by atoms with van der Waals surface area (Å²) in [7, 11) is 0.837. The maximum Gasteiger partial charge on any atom is 0.419 e. The molecule has 38 heavy (non-hydrogen) atoms. The van der Waals surface area contributed by atoms with Crippen molar-refractivity contribution < 1.29 is 41.7 Å². The predicted octanol–water partition coefficient (Wildman–Crippen LogP) is 5.01. The van der Waals surface area contributed by atoms with Gasteiger partial charge in [-0.25, -0.2) is 9.18 Å². The molecule has 6 aliphatic carbocycles. The molecule has 206 valence electrons. The number of likely N-dealkylation sites (tertiary alicyclic amines) is 1. The first-order valence-corrected chi connectivity index (χ1v) is 13.6. The molecule has 6 nitrogen and oxygen atoms in total. The summed E-state index contributed by atoms with van der Waals surface area (Å²) in [6, 6.07) is 0.761. The topological polar surface area (TPSA) is 76.1 Å². The van der Waals surface area contributed by atoms with E-state index in [4.69, 9.17) is 9.47 Å². The summed E-state index contributed by atoms with van der Waals surface area (Å²) in [5.74, 6) is 0.792. The Labute approximate surface area is 217 Å². The summed E-state index contributed by atoms with van der Waals surface area (Å²) in [6.45, 7) is -0.493. The summed E-state index contributed by atoms with van der Waals surface area (Å²) < 4.78 is 67.9. The molecule has 0 radical (unpaired) electrons. The summed E-state index contributed by atoms with van der Waals surface area (Å²) in [5.41, 5.74) is -2.43. The molecule has 1 saturated heterocycles. The fourth-order valence-corrected chi connectivity index (χ4v) is 9.05. The van der Waals surface area contributed by atoms with Crippen molar-refractivity contribution in [2.24, 2.45) is 35.0 Å². The fraction of sp³-hybridized carbons (Fsp3) is 0.714. The standard InChI is InChI=1S/C28H31F4NO5/c1-37-27(28(30,31)32)10-20(25(35)36)33(11-27)24(34)17-6-16(14-2-3-14)21(7-19(17)29)38-12-26-8-13-4-15(9-26)22-18(5-13)23(22)26/h6-7,13-15,18,20,22-23H,2-5,8-12H2,1H3,(H,35,36)/t13?,15?,18?,20-,22?,23?,26?,27?/m0/s1. The van der Waals surface area contributed by atoms with E-state index in [9.17, 15) is 27.9 Å². The van der Waals surface area contributed by atoms with Gasteiger partial charge >= 0.3 is 12.1 Å². The first-order chi connectivity index (χ1) is 18.0. The first-order valence-electron chi connectivity index (χ1n) is 13.6. The van der Waals surface area contributed by atoms with Crippen LogP contribution in [-0.2, 0) is 9.53 Å². The number of carbonyl (C=O) groups is 2. The molecule has 7 aliphatic rings. The third kappa shape index (κ3) is 3.40. The van der Waals surface area contributed by atoms with Crippen molar-refractivity contribution in [3.05, 3.63) is 29.1 Å². The average molecular weight is 538 g/mol. The number of carbonyl (C=O) groups excluding carboxylic acids is 1. The van der Waals surface area contributed by atoms with Gasteiger partial charge in [0, 0.05) is 25.0 Å². The molecule has 10 heteroatoms. The van der Waals surface area contributed by atoms with Crippen LogP contribution in [0.4, 0.5) is 17.6 Å². The van der Waals surface area contributed by atoms with Gasteiger partial charge in [0.25, 0.3) is 5.91 Å². The van der Waals surface area contributed by atoms with E-state index in [1.165, 1.54) is 31.4 Å². The lowest BCUT2D eigenvalue weighted by atomic mass is 9.60. The van der Waals surface area contributed by atoms with E-state index < -0.39 is 54.0 Å². The van der Waals surface area contributed by atoms with E-state index in [2.05, 4.69) is 0 Å². The smallest absolute Gasteiger partial charge is 0.419 e. The van der Waals surface area contributed by atoms with Gasteiger partial charge < -0.3 is 19.5 Å². The highest BCUT2D eigenvalue weighted by Gasteiger charge is 2.74. The number of rotatable bonds is 7. The molecule has 6 saturated carbocycles. The second kappa shape index (κ2) is 7.86. The zero-order valence-corrected chi connectivity index (χ0v) is 21.1. The van der Waals surface area contributed by atoms with Gasteiger partial charge in [0.15, 0.2) is 5.60 Å². The van der Waals surface area contributed by atoms with Crippen LogP contribution in [-0.4, -0.2) is 60.0 Å². The first kappa shape index (κ1) is 24.7. The Bertz CT molecular complexity index is 1220. The third-order valence-electron chi connectivity index (χ3n) is 10.7. The lowest BCUT2D eigenvalue weighted by Gasteiger charge is -2.46. The number of hydrogen-bond acceptors (Lipinski definition) is 4. The van der Waals surface area contributed by atoms with Crippen LogP contribution in [0.2, 0.25) is 0 Å². The van der Waals surface area contributed by atoms with Gasteiger partial charge in [-0.2, -0.15) is 13.2 Å². The molecular formula is C28H31F4NO5. The van der Waals surface area contributed by atoms with Crippen molar-refractivity contribution in [1.29, 1.82) is 0 Å². The molecule has 1 N–H and O–H groups in total. The van der Waals surface area contributed by atoms with Crippen LogP contribution in [0, 0.1) is 40.8 Å². The second-order valence-corrected chi connectivity index (χ2v) is 12.8. The van der Waals surface area contributed by atoms with E-state index in [0.29, 0.717) is 28.7 Å². The third-order valence-corrected chi connectivity index (χ3v) is 10.7. The van der Waals surface area contributed by atoms with E-state index >= 15 is 4.39 Å². The van der Waals surface area contributed by atoms with Crippen LogP contribution in [0.1, 0.15) is 66.8 Å². The van der Waals surface area contributed by atoms with Crippen molar-refractivity contribution >= 4 is 11.9 Å². The van der Waals surface area contributed by atoms with Crippen LogP contribution in [0.15, 0.2) is 12.1 Å². The van der Waals surface area contributed by atoms with Gasteiger partial charge in [-0.3, -0.25) is 4.79 Å². The molecule has 7 unspecified atom stereocenters. The van der Waals surface area contributed by atoms with Crippen LogP contribution in [0.25, 0.3) is 0 Å². The molecule has 8 atom stereocenters. The van der Waals surface area contributed by atoms with Gasteiger partial charge in [-0.1, -0.05) is 0 Å². The number of amides is 1. The van der Waals surface area contributed by atoms with Gasteiger partial charge in [-0.15, -0.1) is 0 Å². The molecular weight excluding hydrogens is 506 g/mol. The highest BCUT2D eigenvalue weighted by atomic mass is 19.4. The number of ether oxygens (including phenoxy) is 2. The van der Waals surface area contributed by atoms with E-state index in [-0.39, 0.29) is 11.3 Å². The average Bonchev–Trinajstić information content (AvgIpc) is 3.76. The van der Waals surface area contributed by atoms with Crippen molar-refractivity contribution in [2.45, 2.75) is 68.7 Å². The molecule has 7 fully saturated rings. The Hall–Kier alpha value is -2.36. The minimum Gasteiger partial charge on any atom is -0.493 e. The molecule has 1 aromatic carbocycles. The van der Waals surface area contributed by atoms with Crippen LogP contribution in [0.3, 0.4) is 0 Å². The lowest BCUT2D eigenvalue weighted by molar-refractivity contribution is -0.263. The van der Waals surface area contributed by atoms with E-state index in [1.807, 2.05) is 0 Å². The Morgan fingerprint density at radius 3 is 2.55 bits per heavy atom. The summed E-state index contributed by atoms with van der Waals surface area (Å²) in [6.07, 6.45) is 0.812. The largest absolute Gasteiger partial charge is 0.493 e. The van der Waals surface area contributed by atoms with Crippen LogP contribution < -0.4 is 4.74 Å². The summed E-state index contributed by atoms with van der Waals surface area (Å²) in [4.78, 5) is 25.8. The molecule has 1 heterocycles. The Kier molecular flexibility index (Phi) is 5.10. The van der Waals surface area contributed by atoms with Crippen LogP contribution in [0.5, 0.6) is 5.75 Å². The molecule has 0 spiro atoms. The molecule has 1 aliphatic heterocycles. The monoisotopic (exact) mass is 537 g/mol. The van der Waals surface area contributed by atoms with Gasteiger partial charge in [0.2, 0.25) is 0 Å². The number of methoxy groups -OCH3 is 1. The van der Waals surface area contributed by atoms with Crippen molar-refractivity contribution in [3.8, 4) is 5.75 Å². The quantitative estimate of drug-likeness (QED) is 0.495. The second-order valence-electron chi connectivity index (χ2n) is 12.8. The predicted molar refractivity (Wildman–Crippen MR) is 125 cm³/mol. The van der Waals surface area contributed by atoms with E-state index in [1.54, 1.807) is 0 Å². The molecule has 0 aromatic heterocycles. The number of carboxylic acids is 1. The molecule has 1 amide bonds. The number of alkyl halides is 3. The molecule has 1 aromatic rings. The van der Waals surface area contributed by atoms with Gasteiger partial charge in [0.05, 0.1) is 18.7 Å². The Morgan fingerprint density at radius 1 is 1.16 bits per heavy atom. The molecule has 8 rings (SSSR count). The minimum absolute atomic E-state index is 0.0847. The normalized spacial score (nSPS) is 40.5. The number of carboxylic acid groups (broad SMARTS) is 1. The van der Waals surface area contributed by atoms with Crippen molar-refractivity contribution in [2.75, 3.05) is 20.3 Å². The molecule has 4 bridgehead atoms. The minimum atomic E-state index is -4.90. The number of halogens is 4. The number of aliphatic carboxylic acids is 1. The Morgan fingerprint density at radius 2 is 1.92 bits per heavy atom. The lowest BCUT2D eigenvalue weighted by Crippen LogP contribution is -2.49. The zero-order chi connectivity index (χ0) is 26.8. The van der Waals surface area contributed by atoms with Crippen LogP contribution >= 0.6 is 0 Å². The number of nitrogens with zero attached hydrogens (tertiary/aromatic N) is 1. The highest BCUT2D eigenvalue weighted by Crippen LogP contribution is 2.79. The SMILES string of the molecule is COC1(C(F)(F)F)C[C@@H](C(=O)O)N(C(=O)c2cc(C3CC3)c(OCC34CC5CC(C3)C3C(C5)C34)cc2F)C1. The van der Waals surface area contributed by atoms with E-state index in [0.717, 1.165) is 50.0 Å². The Balaban J connectivity index is 1.16. The summed E-state index contributed by atoms with van der Waals surface area (Å²) >= 11 is 0. The summed E-state index contributed by atoms with van der Waals surface area (Å²) in [5, 5.41) is 9.60.